The van der Waals surface area contributed by atoms with E-state index in [1.165, 1.54) is 11.1 Å². The molecule has 1 saturated heterocycles. The Kier molecular flexibility index (Phi) is 5.00. The molecule has 30 heavy (non-hydrogen) atoms. The van der Waals surface area contributed by atoms with Gasteiger partial charge in [-0.2, -0.15) is 4.31 Å². The van der Waals surface area contributed by atoms with E-state index < -0.39 is 10.0 Å². The zero-order valence-electron chi connectivity index (χ0n) is 16.8. The molecule has 0 spiro atoms. The third-order valence-corrected chi connectivity index (χ3v) is 8.15. The van der Waals surface area contributed by atoms with Crippen LogP contribution in [-0.4, -0.2) is 54.9 Å². The van der Waals surface area contributed by atoms with E-state index in [1.54, 1.807) is 21.0 Å². The smallest absolute Gasteiger partial charge is 0.408 e. The molecule has 0 bridgehead atoms. The Morgan fingerprint density at radius 2 is 1.67 bits per heavy atom. The highest BCUT2D eigenvalue weighted by Gasteiger charge is 2.29. The van der Waals surface area contributed by atoms with E-state index in [1.807, 2.05) is 30.3 Å². The minimum Gasteiger partial charge on any atom is -0.408 e. The highest BCUT2D eigenvalue weighted by atomic mass is 32.2. The first-order chi connectivity index (χ1) is 14.5. The van der Waals surface area contributed by atoms with Crippen molar-refractivity contribution in [3.8, 4) is 0 Å². The van der Waals surface area contributed by atoms with Gasteiger partial charge in [0.25, 0.3) is 0 Å². The summed E-state index contributed by atoms with van der Waals surface area (Å²) in [6.45, 7) is 3.41. The number of oxazole rings is 1. The normalized spacial score (nSPS) is 18.1. The number of benzene rings is 2. The zero-order chi connectivity index (χ0) is 20.7. The van der Waals surface area contributed by atoms with E-state index in [0.29, 0.717) is 49.7 Å². The maximum atomic E-state index is 13.1. The molecule has 2 aliphatic rings. The lowest BCUT2D eigenvalue weighted by Crippen LogP contribution is -2.49. The molecule has 0 atom stereocenters. The van der Waals surface area contributed by atoms with Gasteiger partial charge in [-0.1, -0.05) is 18.2 Å². The first-order valence-corrected chi connectivity index (χ1v) is 11.9. The van der Waals surface area contributed by atoms with E-state index in [9.17, 15) is 13.2 Å². The lowest BCUT2D eigenvalue weighted by atomic mass is 10.1. The zero-order valence-corrected chi connectivity index (χ0v) is 17.6. The molecule has 0 unspecified atom stereocenters. The van der Waals surface area contributed by atoms with Crippen LogP contribution in [0.1, 0.15) is 17.5 Å². The van der Waals surface area contributed by atoms with Gasteiger partial charge in [0, 0.05) is 39.3 Å². The maximum absolute atomic E-state index is 13.1. The predicted octanol–water partition coefficient (Wildman–Crippen LogP) is 2.09. The first kappa shape index (κ1) is 19.5. The minimum absolute atomic E-state index is 0.353. The van der Waals surface area contributed by atoms with Gasteiger partial charge < -0.3 is 4.42 Å². The Labute approximate surface area is 175 Å². The molecule has 2 heterocycles. The summed E-state index contributed by atoms with van der Waals surface area (Å²) in [7, 11) is -3.46. The third kappa shape index (κ3) is 3.49. The van der Waals surface area contributed by atoms with Crippen LogP contribution in [-0.2, 0) is 29.4 Å². The van der Waals surface area contributed by atoms with Gasteiger partial charge in [-0.3, -0.25) is 9.47 Å². The van der Waals surface area contributed by atoms with Crippen LogP contribution in [0.3, 0.4) is 0 Å². The number of para-hydroxylation sites is 2. The Balaban J connectivity index is 1.23. The molecule has 7 nitrogen and oxygen atoms in total. The maximum Gasteiger partial charge on any atom is 0.419 e. The molecule has 2 aromatic carbocycles. The van der Waals surface area contributed by atoms with Crippen molar-refractivity contribution in [2.45, 2.75) is 30.7 Å². The van der Waals surface area contributed by atoms with Crippen molar-refractivity contribution in [1.82, 2.24) is 13.8 Å². The summed E-state index contributed by atoms with van der Waals surface area (Å²) in [6, 6.07) is 13.0. The molecule has 1 aliphatic heterocycles. The van der Waals surface area contributed by atoms with Crippen molar-refractivity contribution in [2.75, 3.05) is 32.7 Å². The van der Waals surface area contributed by atoms with E-state index in [2.05, 4.69) is 4.90 Å². The van der Waals surface area contributed by atoms with Gasteiger partial charge in [0.05, 0.1) is 10.4 Å². The van der Waals surface area contributed by atoms with Crippen LogP contribution in [0.4, 0.5) is 0 Å². The molecule has 0 amide bonds. The highest BCUT2D eigenvalue weighted by Crippen LogP contribution is 2.26. The highest BCUT2D eigenvalue weighted by molar-refractivity contribution is 7.89. The largest absolute Gasteiger partial charge is 0.419 e. The van der Waals surface area contributed by atoms with Gasteiger partial charge in [0.2, 0.25) is 10.0 Å². The Morgan fingerprint density at radius 1 is 0.900 bits per heavy atom. The van der Waals surface area contributed by atoms with Crippen LogP contribution in [0.5, 0.6) is 0 Å². The van der Waals surface area contributed by atoms with Gasteiger partial charge in [0.1, 0.15) is 0 Å². The van der Waals surface area contributed by atoms with Crippen molar-refractivity contribution in [2.24, 2.45) is 0 Å². The van der Waals surface area contributed by atoms with Crippen molar-refractivity contribution in [1.29, 1.82) is 0 Å². The fourth-order valence-electron chi connectivity index (χ4n) is 4.52. The molecule has 1 fully saturated rings. The number of aromatic nitrogens is 1. The minimum atomic E-state index is -3.46. The number of piperazine rings is 1. The van der Waals surface area contributed by atoms with Crippen molar-refractivity contribution >= 4 is 21.1 Å². The Hall–Kier alpha value is -2.42. The number of hydrogen-bond donors (Lipinski definition) is 0. The molecule has 0 saturated carbocycles. The summed E-state index contributed by atoms with van der Waals surface area (Å²) in [6.07, 6.45) is 3.12. The summed E-state index contributed by atoms with van der Waals surface area (Å²) >= 11 is 0. The molecule has 158 valence electrons. The van der Waals surface area contributed by atoms with Crippen LogP contribution in [0.2, 0.25) is 0 Å². The third-order valence-electron chi connectivity index (χ3n) is 6.25. The number of sulfonamides is 1. The molecular weight excluding hydrogens is 402 g/mol. The molecule has 0 radical (unpaired) electrons. The monoisotopic (exact) mass is 427 g/mol. The number of fused-ring (bicyclic) bond motifs is 2. The number of rotatable bonds is 5. The molecule has 1 aliphatic carbocycles. The molecule has 3 aromatic rings. The topological polar surface area (TPSA) is 75.8 Å². The quantitative estimate of drug-likeness (QED) is 0.623. The summed E-state index contributed by atoms with van der Waals surface area (Å²) in [5, 5.41) is 0. The average molecular weight is 428 g/mol. The van der Waals surface area contributed by atoms with E-state index in [-0.39, 0.29) is 5.76 Å². The molecule has 0 N–H and O–H groups in total. The van der Waals surface area contributed by atoms with E-state index >= 15 is 0 Å². The summed E-state index contributed by atoms with van der Waals surface area (Å²) < 4.78 is 34.7. The van der Waals surface area contributed by atoms with Crippen LogP contribution in [0, 0.1) is 0 Å². The van der Waals surface area contributed by atoms with E-state index in [4.69, 9.17) is 4.42 Å². The second-order valence-electron chi connectivity index (χ2n) is 8.02. The first-order valence-electron chi connectivity index (χ1n) is 10.4. The Bertz CT molecular complexity index is 1240. The van der Waals surface area contributed by atoms with Crippen molar-refractivity contribution in [3.63, 3.8) is 0 Å². The standard InChI is InChI=1S/C22H25N3O4S/c26-22-25(20-6-1-2-7-21(20)29-22)15-12-23-10-13-24(14-11-23)30(27,28)19-9-8-17-4-3-5-18(17)16-19/h1-2,6-9,16H,3-5,10-15H2. The second kappa shape index (κ2) is 7.68. The van der Waals surface area contributed by atoms with Crippen molar-refractivity contribution < 1.29 is 12.8 Å². The van der Waals surface area contributed by atoms with Gasteiger partial charge in [-0.05, 0) is 54.7 Å². The van der Waals surface area contributed by atoms with Crippen molar-refractivity contribution in [3.05, 3.63) is 64.1 Å². The number of hydrogen-bond acceptors (Lipinski definition) is 5. The van der Waals surface area contributed by atoms with Gasteiger partial charge in [-0.15, -0.1) is 0 Å². The average Bonchev–Trinajstić information content (AvgIpc) is 3.35. The van der Waals surface area contributed by atoms with Gasteiger partial charge in [0.15, 0.2) is 5.58 Å². The fraction of sp³-hybridized carbons (Fsp3) is 0.409. The number of aryl methyl sites for hydroxylation is 2. The molecular formula is C22H25N3O4S. The number of nitrogens with zero attached hydrogens (tertiary/aromatic N) is 3. The Morgan fingerprint density at radius 3 is 2.50 bits per heavy atom. The van der Waals surface area contributed by atoms with Gasteiger partial charge >= 0.3 is 5.76 Å². The summed E-state index contributed by atoms with van der Waals surface area (Å²) in [5.74, 6) is -0.353. The second-order valence-corrected chi connectivity index (χ2v) is 9.96. The van der Waals surface area contributed by atoms with Crippen LogP contribution >= 0.6 is 0 Å². The summed E-state index contributed by atoms with van der Waals surface area (Å²) in [5.41, 5.74) is 3.83. The lowest BCUT2D eigenvalue weighted by molar-refractivity contribution is 0.182. The van der Waals surface area contributed by atoms with Crippen LogP contribution < -0.4 is 5.76 Å². The summed E-state index contributed by atoms with van der Waals surface area (Å²) in [4.78, 5) is 14.7. The molecule has 5 rings (SSSR count). The van der Waals surface area contributed by atoms with Crippen LogP contribution in [0.25, 0.3) is 11.1 Å². The lowest BCUT2D eigenvalue weighted by Gasteiger charge is -2.34. The fourth-order valence-corrected chi connectivity index (χ4v) is 5.99. The van der Waals surface area contributed by atoms with Gasteiger partial charge in [-0.25, -0.2) is 13.2 Å². The van der Waals surface area contributed by atoms with E-state index in [0.717, 1.165) is 24.8 Å². The molecule has 1 aromatic heterocycles. The van der Waals surface area contributed by atoms with Crippen LogP contribution in [0.15, 0.2) is 56.6 Å². The predicted molar refractivity (Wildman–Crippen MR) is 114 cm³/mol. The molecule has 8 heteroatoms. The SMILES string of the molecule is O=c1oc2ccccc2n1CCN1CCN(S(=O)(=O)c2ccc3c(c2)CCC3)CC1.